The van der Waals surface area contributed by atoms with Crippen LogP contribution in [-0.2, 0) is 7.05 Å². The summed E-state index contributed by atoms with van der Waals surface area (Å²) in [5.74, 6) is 1.32. The highest BCUT2D eigenvalue weighted by Crippen LogP contribution is 2.27. The molecule has 2 aromatic heterocycles. The number of anilines is 3. The average Bonchev–Trinajstić information content (AvgIpc) is 2.90. The fourth-order valence-corrected chi connectivity index (χ4v) is 2.55. The van der Waals surface area contributed by atoms with Crippen molar-refractivity contribution in [3.63, 3.8) is 0 Å². The van der Waals surface area contributed by atoms with Gasteiger partial charge in [0.05, 0.1) is 11.6 Å². The largest absolute Gasteiger partial charge is 0.354 e. The highest BCUT2D eigenvalue weighted by Gasteiger charge is 2.12. The molecule has 0 amide bonds. The number of halogens is 1. The van der Waals surface area contributed by atoms with E-state index in [0.29, 0.717) is 11.0 Å². The molecule has 1 aromatic carbocycles. The molecule has 0 fully saturated rings. The first-order valence-electron chi connectivity index (χ1n) is 7.55. The smallest absolute Gasteiger partial charge is 0.226 e. The van der Waals surface area contributed by atoms with Crippen LogP contribution in [0.5, 0.6) is 0 Å². The standard InChI is InChI=1S/C16H19ClN6/c1-4-7-18-16-21-14(12-9-19-23(3)15(12)22-16)20-13-6-5-11(17)8-10(13)2/h5-6,8-9H,4,7H2,1-3H3,(H2,18,20,21,22). The molecule has 2 N–H and O–H groups in total. The Morgan fingerprint density at radius 3 is 2.83 bits per heavy atom. The van der Waals surface area contributed by atoms with Crippen molar-refractivity contribution in [2.75, 3.05) is 17.2 Å². The first-order valence-corrected chi connectivity index (χ1v) is 7.93. The minimum atomic E-state index is 0.595. The number of nitrogens with one attached hydrogen (secondary N) is 2. The Hall–Kier alpha value is -2.34. The first-order chi connectivity index (χ1) is 11.1. The maximum absolute atomic E-state index is 6.02. The molecule has 23 heavy (non-hydrogen) atoms. The summed E-state index contributed by atoms with van der Waals surface area (Å²) in [6.07, 6.45) is 2.78. The van der Waals surface area contributed by atoms with Gasteiger partial charge in [0.2, 0.25) is 5.95 Å². The maximum atomic E-state index is 6.02. The summed E-state index contributed by atoms with van der Waals surface area (Å²) in [6, 6.07) is 5.72. The molecule has 2 heterocycles. The topological polar surface area (TPSA) is 67.7 Å². The van der Waals surface area contributed by atoms with Gasteiger partial charge in [0.15, 0.2) is 5.65 Å². The minimum Gasteiger partial charge on any atom is -0.354 e. The van der Waals surface area contributed by atoms with Crippen LogP contribution in [0.1, 0.15) is 18.9 Å². The SMILES string of the molecule is CCCNc1nc(Nc2ccc(Cl)cc2C)c2cnn(C)c2n1. The summed E-state index contributed by atoms with van der Waals surface area (Å²) in [5, 5.41) is 12.5. The minimum absolute atomic E-state index is 0.595. The quantitative estimate of drug-likeness (QED) is 0.742. The first kappa shape index (κ1) is 15.6. The fourth-order valence-electron chi connectivity index (χ4n) is 2.33. The van der Waals surface area contributed by atoms with Crippen molar-refractivity contribution in [3.8, 4) is 0 Å². The van der Waals surface area contributed by atoms with Crippen molar-refractivity contribution in [2.24, 2.45) is 7.05 Å². The predicted octanol–water partition coefficient (Wildman–Crippen LogP) is 3.89. The van der Waals surface area contributed by atoms with Gasteiger partial charge in [-0.25, -0.2) is 0 Å². The highest BCUT2D eigenvalue weighted by molar-refractivity contribution is 6.30. The van der Waals surface area contributed by atoms with Crippen molar-refractivity contribution in [1.82, 2.24) is 19.7 Å². The Kier molecular flexibility index (Phi) is 4.34. The molecule has 0 atom stereocenters. The van der Waals surface area contributed by atoms with E-state index in [2.05, 4.69) is 32.6 Å². The molecule has 0 aliphatic rings. The maximum Gasteiger partial charge on any atom is 0.226 e. The molecule has 120 valence electrons. The van der Waals surface area contributed by atoms with E-state index in [-0.39, 0.29) is 0 Å². The van der Waals surface area contributed by atoms with Crippen LogP contribution in [0.15, 0.2) is 24.4 Å². The number of rotatable bonds is 5. The van der Waals surface area contributed by atoms with Gasteiger partial charge >= 0.3 is 0 Å². The zero-order valence-corrected chi connectivity index (χ0v) is 14.1. The Balaban J connectivity index is 2.04. The summed E-state index contributed by atoms with van der Waals surface area (Å²) < 4.78 is 1.74. The number of benzene rings is 1. The third kappa shape index (κ3) is 3.22. The molecule has 0 radical (unpaired) electrons. The van der Waals surface area contributed by atoms with E-state index in [0.717, 1.165) is 41.1 Å². The van der Waals surface area contributed by atoms with Gasteiger partial charge in [-0.1, -0.05) is 18.5 Å². The molecule has 0 saturated carbocycles. The number of aromatic nitrogens is 4. The Morgan fingerprint density at radius 2 is 2.09 bits per heavy atom. The van der Waals surface area contributed by atoms with Crippen molar-refractivity contribution in [2.45, 2.75) is 20.3 Å². The second-order valence-electron chi connectivity index (χ2n) is 5.41. The zero-order valence-electron chi connectivity index (χ0n) is 13.4. The summed E-state index contributed by atoms with van der Waals surface area (Å²) in [6.45, 7) is 4.93. The lowest BCUT2D eigenvalue weighted by atomic mass is 10.2. The predicted molar refractivity (Wildman–Crippen MR) is 94.6 cm³/mol. The Labute approximate surface area is 139 Å². The molecule has 3 rings (SSSR count). The molecule has 0 aliphatic heterocycles. The van der Waals surface area contributed by atoms with Gasteiger partial charge in [-0.15, -0.1) is 0 Å². The van der Waals surface area contributed by atoms with Crippen molar-refractivity contribution < 1.29 is 0 Å². The summed E-state index contributed by atoms with van der Waals surface area (Å²) >= 11 is 6.02. The van der Waals surface area contributed by atoms with Crippen LogP contribution < -0.4 is 10.6 Å². The lowest BCUT2D eigenvalue weighted by molar-refractivity contribution is 0.785. The van der Waals surface area contributed by atoms with Crippen molar-refractivity contribution in [3.05, 3.63) is 35.0 Å². The summed E-state index contributed by atoms with van der Waals surface area (Å²) in [5.41, 5.74) is 2.80. The Bertz CT molecular complexity index is 842. The van der Waals surface area contributed by atoms with Crippen LogP contribution in [0.3, 0.4) is 0 Å². The van der Waals surface area contributed by atoms with Crippen LogP contribution in [0.4, 0.5) is 17.5 Å². The lowest BCUT2D eigenvalue weighted by Gasteiger charge is -2.12. The van der Waals surface area contributed by atoms with Crippen LogP contribution >= 0.6 is 11.6 Å². The molecule has 6 nitrogen and oxygen atoms in total. The number of aryl methyl sites for hydroxylation is 2. The average molecular weight is 331 g/mol. The lowest BCUT2D eigenvalue weighted by Crippen LogP contribution is -2.07. The molecular weight excluding hydrogens is 312 g/mol. The number of nitrogens with zero attached hydrogens (tertiary/aromatic N) is 4. The van der Waals surface area contributed by atoms with Gasteiger partial charge in [-0.2, -0.15) is 15.1 Å². The molecule has 0 aliphatic carbocycles. The van der Waals surface area contributed by atoms with E-state index in [1.807, 2.05) is 32.2 Å². The number of fused-ring (bicyclic) bond motifs is 1. The van der Waals surface area contributed by atoms with Crippen molar-refractivity contribution in [1.29, 1.82) is 0 Å². The van der Waals surface area contributed by atoms with Crippen LogP contribution in [0.2, 0.25) is 5.02 Å². The van der Waals surface area contributed by atoms with Gasteiger partial charge in [0, 0.05) is 24.3 Å². The van der Waals surface area contributed by atoms with Gasteiger partial charge < -0.3 is 10.6 Å². The van der Waals surface area contributed by atoms with Crippen LogP contribution in [-0.4, -0.2) is 26.3 Å². The van der Waals surface area contributed by atoms with Crippen molar-refractivity contribution >= 4 is 40.1 Å². The van der Waals surface area contributed by atoms with Gasteiger partial charge in [0.1, 0.15) is 5.82 Å². The van der Waals surface area contributed by atoms with Gasteiger partial charge in [-0.3, -0.25) is 4.68 Å². The molecule has 3 aromatic rings. The normalized spacial score (nSPS) is 11.0. The van der Waals surface area contributed by atoms with E-state index in [1.54, 1.807) is 10.9 Å². The zero-order chi connectivity index (χ0) is 16.4. The third-order valence-corrected chi connectivity index (χ3v) is 3.80. The molecular formula is C16H19ClN6. The Morgan fingerprint density at radius 1 is 1.26 bits per heavy atom. The molecule has 0 saturated heterocycles. The van der Waals surface area contributed by atoms with E-state index < -0.39 is 0 Å². The van der Waals surface area contributed by atoms with Gasteiger partial charge in [-0.05, 0) is 37.1 Å². The van der Waals surface area contributed by atoms with E-state index in [9.17, 15) is 0 Å². The van der Waals surface area contributed by atoms with Crippen LogP contribution in [0, 0.1) is 6.92 Å². The molecule has 0 bridgehead atoms. The molecule has 7 heteroatoms. The fraction of sp³-hybridized carbons (Fsp3) is 0.312. The monoisotopic (exact) mass is 330 g/mol. The molecule has 0 spiro atoms. The number of hydrogen-bond acceptors (Lipinski definition) is 5. The van der Waals surface area contributed by atoms with E-state index >= 15 is 0 Å². The summed E-state index contributed by atoms with van der Waals surface area (Å²) in [7, 11) is 1.87. The summed E-state index contributed by atoms with van der Waals surface area (Å²) in [4.78, 5) is 9.12. The highest BCUT2D eigenvalue weighted by atomic mass is 35.5. The van der Waals surface area contributed by atoms with Gasteiger partial charge in [0.25, 0.3) is 0 Å². The second-order valence-corrected chi connectivity index (χ2v) is 5.85. The second kappa shape index (κ2) is 6.42. The third-order valence-electron chi connectivity index (χ3n) is 3.57. The van der Waals surface area contributed by atoms with Crippen LogP contribution in [0.25, 0.3) is 11.0 Å². The number of hydrogen-bond donors (Lipinski definition) is 2. The van der Waals surface area contributed by atoms with E-state index in [1.165, 1.54) is 0 Å². The van der Waals surface area contributed by atoms with E-state index in [4.69, 9.17) is 11.6 Å². The molecule has 0 unspecified atom stereocenters.